The molecule has 37 heavy (non-hydrogen) atoms. The lowest BCUT2D eigenvalue weighted by Gasteiger charge is -2.38. The van der Waals surface area contributed by atoms with Gasteiger partial charge in [-0.05, 0) is 70.1 Å². The highest BCUT2D eigenvalue weighted by atomic mass is 16.2. The number of benzene rings is 1. The third kappa shape index (κ3) is 5.04. The van der Waals surface area contributed by atoms with Crippen molar-refractivity contribution in [1.29, 1.82) is 0 Å². The second kappa shape index (κ2) is 9.55. The molecule has 1 atom stereocenters. The molecule has 194 valence electrons. The Morgan fingerprint density at radius 1 is 1.19 bits per heavy atom. The normalized spacial score (nSPS) is 16.9. The monoisotopic (exact) mass is 502 g/mol. The van der Waals surface area contributed by atoms with E-state index in [9.17, 15) is 4.79 Å². The molecule has 1 N–H and O–H groups in total. The van der Waals surface area contributed by atoms with Crippen LogP contribution in [0.3, 0.4) is 0 Å². The molecule has 4 heterocycles. The van der Waals surface area contributed by atoms with Crippen molar-refractivity contribution in [2.75, 3.05) is 31.6 Å². The number of carbonyl (C=O) groups excluding carboxylic acids is 1. The SMILES string of the molecule is Cc1cc(-c2ncnn3cc(N4CCN(C)C(C)C4)cc23)ccc1CNC(=O)c1nnn(C(C)(C)C)n1. The lowest BCUT2D eigenvalue weighted by molar-refractivity contribution is 0.0939. The number of aromatic nitrogens is 7. The number of nitrogens with zero attached hydrogens (tertiary/aromatic N) is 9. The molecule has 0 aliphatic carbocycles. The molecule has 1 fully saturated rings. The number of rotatable bonds is 5. The first kappa shape index (κ1) is 24.8. The van der Waals surface area contributed by atoms with E-state index in [0.717, 1.165) is 53.2 Å². The van der Waals surface area contributed by atoms with Crippen molar-refractivity contribution in [3.63, 3.8) is 0 Å². The van der Waals surface area contributed by atoms with Crippen LogP contribution in [0.4, 0.5) is 5.69 Å². The van der Waals surface area contributed by atoms with Gasteiger partial charge in [0.2, 0.25) is 0 Å². The van der Waals surface area contributed by atoms with Gasteiger partial charge >= 0.3 is 0 Å². The summed E-state index contributed by atoms with van der Waals surface area (Å²) in [6, 6.07) is 8.83. The van der Waals surface area contributed by atoms with E-state index in [1.807, 2.05) is 44.3 Å². The van der Waals surface area contributed by atoms with Crippen LogP contribution in [0.1, 0.15) is 49.4 Å². The van der Waals surface area contributed by atoms with E-state index in [-0.39, 0.29) is 17.3 Å². The van der Waals surface area contributed by atoms with Crippen LogP contribution in [0.25, 0.3) is 16.8 Å². The summed E-state index contributed by atoms with van der Waals surface area (Å²) >= 11 is 0. The number of tetrazole rings is 1. The lowest BCUT2D eigenvalue weighted by Crippen LogP contribution is -2.50. The summed E-state index contributed by atoms with van der Waals surface area (Å²) in [4.78, 5) is 23.4. The number of hydrogen-bond donors (Lipinski definition) is 1. The van der Waals surface area contributed by atoms with Crippen molar-refractivity contribution < 1.29 is 4.79 Å². The zero-order chi connectivity index (χ0) is 26.3. The maximum atomic E-state index is 12.6. The number of nitrogens with one attached hydrogen (secondary N) is 1. The lowest BCUT2D eigenvalue weighted by atomic mass is 10.0. The van der Waals surface area contributed by atoms with Gasteiger partial charge in [0.15, 0.2) is 0 Å². The minimum Gasteiger partial charge on any atom is -0.367 e. The molecule has 3 aromatic heterocycles. The Hall–Kier alpha value is -3.86. The van der Waals surface area contributed by atoms with Gasteiger partial charge in [0, 0.05) is 37.8 Å². The topological polar surface area (TPSA) is 109 Å². The van der Waals surface area contributed by atoms with Crippen LogP contribution in [0.5, 0.6) is 0 Å². The van der Waals surface area contributed by atoms with Crippen molar-refractivity contribution >= 4 is 17.1 Å². The maximum Gasteiger partial charge on any atom is 0.293 e. The minimum atomic E-state index is -0.351. The van der Waals surface area contributed by atoms with Gasteiger partial charge in [-0.15, -0.1) is 10.2 Å². The number of carbonyl (C=O) groups is 1. The Morgan fingerprint density at radius 3 is 2.70 bits per heavy atom. The molecule has 0 spiro atoms. The van der Waals surface area contributed by atoms with E-state index in [4.69, 9.17) is 0 Å². The standard InChI is InChI=1S/C26H34N10O/c1-17-11-19(7-8-20(17)13-27-25(37)24-30-32-36(31-24)26(3,4)5)23-22-12-21(15-35(22)29-16-28-23)34-10-9-33(6)18(2)14-34/h7-8,11-12,15-16,18H,9-10,13-14H2,1-6H3,(H,27,37). The molecule has 11 heteroatoms. The summed E-state index contributed by atoms with van der Waals surface area (Å²) in [6.45, 7) is 13.5. The van der Waals surface area contributed by atoms with Crippen molar-refractivity contribution in [2.45, 2.75) is 52.7 Å². The fraction of sp³-hybridized carbons (Fsp3) is 0.462. The van der Waals surface area contributed by atoms with Crippen LogP contribution < -0.4 is 10.2 Å². The highest BCUT2D eigenvalue weighted by Gasteiger charge is 2.23. The smallest absolute Gasteiger partial charge is 0.293 e. The number of amides is 1. The van der Waals surface area contributed by atoms with Gasteiger partial charge in [0.05, 0.1) is 28.6 Å². The quantitative estimate of drug-likeness (QED) is 0.443. The first-order chi connectivity index (χ1) is 17.6. The van der Waals surface area contributed by atoms with E-state index >= 15 is 0 Å². The van der Waals surface area contributed by atoms with Gasteiger partial charge in [0.1, 0.15) is 6.33 Å². The molecule has 0 bridgehead atoms. The fourth-order valence-corrected chi connectivity index (χ4v) is 4.48. The van der Waals surface area contributed by atoms with Crippen LogP contribution in [0, 0.1) is 6.92 Å². The van der Waals surface area contributed by atoms with Gasteiger partial charge in [-0.2, -0.15) is 9.90 Å². The fourth-order valence-electron chi connectivity index (χ4n) is 4.48. The average Bonchev–Trinajstić information content (AvgIpc) is 3.52. The molecule has 4 aromatic rings. The molecule has 5 rings (SSSR count). The van der Waals surface area contributed by atoms with Crippen molar-refractivity contribution in [1.82, 2.24) is 45.0 Å². The summed E-state index contributed by atoms with van der Waals surface area (Å²) in [5.41, 5.74) is 5.74. The minimum absolute atomic E-state index is 0.0614. The molecule has 0 saturated carbocycles. The van der Waals surface area contributed by atoms with E-state index in [2.05, 4.69) is 72.9 Å². The van der Waals surface area contributed by atoms with Crippen LogP contribution in [-0.2, 0) is 12.1 Å². The van der Waals surface area contributed by atoms with Crippen molar-refractivity contribution in [3.8, 4) is 11.3 Å². The second-order valence-electron chi connectivity index (χ2n) is 10.8. The average molecular weight is 503 g/mol. The summed E-state index contributed by atoms with van der Waals surface area (Å²) in [5, 5.41) is 19.4. The summed E-state index contributed by atoms with van der Waals surface area (Å²) in [7, 11) is 2.17. The van der Waals surface area contributed by atoms with Gasteiger partial charge in [0.25, 0.3) is 11.7 Å². The van der Waals surface area contributed by atoms with E-state index in [1.54, 1.807) is 6.33 Å². The molecule has 1 amide bonds. The number of anilines is 1. The van der Waals surface area contributed by atoms with Crippen molar-refractivity contribution in [3.05, 3.63) is 53.7 Å². The Morgan fingerprint density at radius 2 is 2.00 bits per heavy atom. The summed E-state index contributed by atoms with van der Waals surface area (Å²) in [5.74, 6) is -0.290. The number of likely N-dealkylation sites (N-methyl/N-ethyl adjacent to an activating group) is 1. The first-order valence-electron chi connectivity index (χ1n) is 12.6. The number of fused-ring (bicyclic) bond motifs is 1. The summed E-state index contributed by atoms with van der Waals surface area (Å²) in [6.07, 6.45) is 3.68. The molecule has 1 aliphatic rings. The maximum absolute atomic E-state index is 12.6. The Kier molecular flexibility index (Phi) is 6.40. The molecule has 1 unspecified atom stereocenters. The third-order valence-electron chi connectivity index (χ3n) is 6.99. The van der Waals surface area contributed by atoms with Gasteiger partial charge < -0.3 is 15.1 Å². The van der Waals surface area contributed by atoms with Crippen LogP contribution in [0.2, 0.25) is 0 Å². The molecule has 0 radical (unpaired) electrons. The molecule has 1 saturated heterocycles. The first-order valence-corrected chi connectivity index (χ1v) is 12.6. The van der Waals surface area contributed by atoms with Gasteiger partial charge in [-0.1, -0.05) is 12.1 Å². The van der Waals surface area contributed by atoms with Crippen molar-refractivity contribution in [2.24, 2.45) is 0 Å². The molecule has 1 aliphatic heterocycles. The number of aryl methyl sites for hydroxylation is 1. The highest BCUT2D eigenvalue weighted by molar-refractivity contribution is 5.90. The van der Waals surface area contributed by atoms with Crippen LogP contribution in [-0.4, -0.2) is 78.3 Å². The van der Waals surface area contributed by atoms with Gasteiger partial charge in [-0.25, -0.2) is 9.50 Å². The summed E-state index contributed by atoms with van der Waals surface area (Å²) < 4.78 is 1.90. The van der Waals surface area contributed by atoms with Gasteiger partial charge in [-0.3, -0.25) is 4.79 Å². The van der Waals surface area contributed by atoms with E-state index < -0.39 is 0 Å². The second-order valence-corrected chi connectivity index (χ2v) is 10.8. The largest absolute Gasteiger partial charge is 0.367 e. The zero-order valence-electron chi connectivity index (χ0n) is 22.3. The zero-order valence-corrected chi connectivity index (χ0v) is 22.3. The molecule has 11 nitrogen and oxygen atoms in total. The molecule has 1 aromatic carbocycles. The van der Waals surface area contributed by atoms with E-state index in [1.165, 1.54) is 4.80 Å². The number of piperazine rings is 1. The molecular formula is C26H34N10O. The predicted molar refractivity (Wildman–Crippen MR) is 141 cm³/mol. The Bertz CT molecular complexity index is 1430. The third-order valence-corrected chi connectivity index (χ3v) is 6.99. The highest BCUT2D eigenvalue weighted by Crippen LogP contribution is 2.29. The predicted octanol–water partition coefficient (Wildman–Crippen LogP) is 2.52. The van der Waals surface area contributed by atoms with E-state index in [0.29, 0.717) is 12.6 Å². The Labute approximate surface area is 216 Å². The van der Waals surface area contributed by atoms with Crippen LogP contribution >= 0.6 is 0 Å². The molecular weight excluding hydrogens is 468 g/mol. The van der Waals surface area contributed by atoms with Crippen LogP contribution in [0.15, 0.2) is 36.8 Å². The Balaban J connectivity index is 1.33. The number of hydrogen-bond acceptors (Lipinski definition) is 8.